The van der Waals surface area contributed by atoms with Gasteiger partial charge in [0.1, 0.15) is 5.71 Å². The molecule has 2 aromatic rings. The summed E-state index contributed by atoms with van der Waals surface area (Å²) in [6.07, 6.45) is 0. The Kier molecular flexibility index (Phi) is 5.87. The summed E-state index contributed by atoms with van der Waals surface area (Å²) in [6.45, 7) is 7.57. The van der Waals surface area contributed by atoms with Crippen molar-refractivity contribution in [2.45, 2.75) is 27.7 Å². The van der Waals surface area contributed by atoms with E-state index in [0.29, 0.717) is 11.4 Å². The standard InChI is InChI=1S/C22H23N5O4/c1-11-5-7-15(9-13(11)3)24-19(28)17-18(25-26-22(23)31)21(30)27(20(17)29)16-8-6-12(2)14(4)10-16/h5-10,17H,1-4H3,(H,24,28)(H3,23,26,31)/b25-18-/t17-/m0/s1. The summed E-state index contributed by atoms with van der Waals surface area (Å²) in [5, 5.41) is 6.31. The van der Waals surface area contributed by atoms with Crippen molar-refractivity contribution >= 4 is 40.8 Å². The van der Waals surface area contributed by atoms with E-state index in [9.17, 15) is 19.2 Å². The molecule has 160 valence electrons. The molecular weight excluding hydrogens is 398 g/mol. The summed E-state index contributed by atoms with van der Waals surface area (Å²) in [5.74, 6) is -3.85. The molecule has 0 spiro atoms. The molecule has 0 bridgehead atoms. The fourth-order valence-electron chi connectivity index (χ4n) is 3.19. The third-order valence-corrected chi connectivity index (χ3v) is 5.23. The van der Waals surface area contributed by atoms with Crippen LogP contribution in [0.2, 0.25) is 0 Å². The molecule has 5 amide bonds. The van der Waals surface area contributed by atoms with Gasteiger partial charge in [0.25, 0.3) is 11.8 Å². The number of hydrogen-bond acceptors (Lipinski definition) is 5. The molecule has 1 heterocycles. The Balaban J connectivity index is 1.99. The van der Waals surface area contributed by atoms with Crippen LogP contribution in [0, 0.1) is 33.6 Å². The highest BCUT2D eigenvalue weighted by Crippen LogP contribution is 2.28. The number of carbonyl (C=O) groups excluding carboxylic acids is 4. The van der Waals surface area contributed by atoms with Gasteiger partial charge in [-0.2, -0.15) is 5.10 Å². The van der Waals surface area contributed by atoms with Crippen LogP contribution in [0.5, 0.6) is 0 Å². The smallest absolute Gasteiger partial charge is 0.332 e. The molecule has 1 saturated heterocycles. The highest BCUT2D eigenvalue weighted by atomic mass is 16.2. The summed E-state index contributed by atoms with van der Waals surface area (Å²) in [4.78, 5) is 51.1. The van der Waals surface area contributed by atoms with Crippen molar-refractivity contribution < 1.29 is 19.2 Å². The highest BCUT2D eigenvalue weighted by molar-refractivity contribution is 6.61. The van der Waals surface area contributed by atoms with Crippen molar-refractivity contribution in [2.24, 2.45) is 16.8 Å². The van der Waals surface area contributed by atoms with E-state index >= 15 is 0 Å². The average Bonchev–Trinajstić information content (AvgIpc) is 2.95. The second kappa shape index (κ2) is 8.39. The summed E-state index contributed by atoms with van der Waals surface area (Å²) in [5.41, 5.74) is 11.2. The number of aryl methyl sites for hydroxylation is 4. The first-order valence-electron chi connectivity index (χ1n) is 9.57. The molecule has 1 fully saturated rings. The molecule has 1 aliphatic heterocycles. The Bertz CT molecular complexity index is 1140. The minimum Gasteiger partial charge on any atom is -0.350 e. The molecule has 1 atom stereocenters. The normalized spacial score (nSPS) is 17.2. The van der Waals surface area contributed by atoms with E-state index in [4.69, 9.17) is 5.73 Å². The molecule has 0 aromatic heterocycles. The number of nitrogens with zero attached hydrogens (tertiary/aromatic N) is 2. The lowest BCUT2D eigenvalue weighted by atomic mass is 10.0. The van der Waals surface area contributed by atoms with Crippen LogP contribution >= 0.6 is 0 Å². The summed E-state index contributed by atoms with van der Waals surface area (Å²) < 4.78 is 0. The van der Waals surface area contributed by atoms with Gasteiger partial charge in [0.05, 0.1) is 5.69 Å². The zero-order valence-electron chi connectivity index (χ0n) is 17.6. The predicted octanol–water partition coefficient (Wildman–Crippen LogP) is 2.07. The summed E-state index contributed by atoms with van der Waals surface area (Å²) in [7, 11) is 0. The number of amides is 5. The summed E-state index contributed by atoms with van der Waals surface area (Å²) >= 11 is 0. The number of nitrogens with two attached hydrogens (primary N) is 1. The minimum atomic E-state index is -1.54. The fourth-order valence-corrected chi connectivity index (χ4v) is 3.19. The van der Waals surface area contributed by atoms with Crippen molar-refractivity contribution in [3.05, 3.63) is 58.7 Å². The summed E-state index contributed by atoms with van der Waals surface area (Å²) in [6, 6.07) is 9.32. The minimum absolute atomic E-state index is 0.311. The number of primary amides is 1. The van der Waals surface area contributed by atoms with E-state index < -0.39 is 35.4 Å². The number of hydrazone groups is 1. The highest BCUT2D eigenvalue weighted by Gasteiger charge is 2.50. The van der Waals surface area contributed by atoms with E-state index in [2.05, 4.69) is 10.4 Å². The van der Waals surface area contributed by atoms with Crippen molar-refractivity contribution in [2.75, 3.05) is 10.2 Å². The van der Waals surface area contributed by atoms with Gasteiger partial charge in [0, 0.05) is 5.69 Å². The Hall–Kier alpha value is -4.01. The number of rotatable bonds is 4. The molecule has 0 aliphatic carbocycles. The van der Waals surface area contributed by atoms with E-state index in [0.717, 1.165) is 27.2 Å². The van der Waals surface area contributed by atoms with Crippen LogP contribution in [0.3, 0.4) is 0 Å². The lowest BCUT2D eigenvalue weighted by Crippen LogP contribution is -2.35. The Morgan fingerprint density at radius 1 is 0.935 bits per heavy atom. The maximum Gasteiger partial charge on any atom is 0.332 e. The number of hydrogen-bond donors (Lipinski definition) is 3. The third kappa shape index (κ3) is 4.30. The topological polar surface area (TPSA) is 134 Å². The van der Waals surface area contributed by atoms with Gasteiger partial charge in [-0.05, 0) is 74.2 Å². The number of carbonyl (C=O) groups is 4. The average molecular weight is 421 g/mol. The van der Waals surface area contributed by atoms with Gasteiger partial charge in [0.15, 0.2) is 5.92 Å². The molecule has 9 heteroatoms. The molecule has 0 unspecified atom stereocenters. The lowest BCUT2D eigenvalue weighted by Gasteiger charge is -2.15. The lowest BCUT2D eigenvalue weighted by molar-refractivity contribution is -0.127. The maximum atomic E-state index is 13.1. The van der Waals surface area contributed by atoms with Gasteiger partial charge in [-0.25, -0.2) is 15.1 Å². The molecule has 4 N–H and O–H groups in total. The van der Waals surface area contributed by atoms with Crippen molar-refractivity contribution in [3.63, 3.8) is 0 Å². The Morgan fingerprint density at radius 3 is 2.13 bits per heavy atom. The van der Waals surface area contributed by atoms with E-state index in [-0.39, 0.29) is 0 Å². The van der Waals surface area contributed by atoms with Crippen LogP contribution in [0.4, 0.5) is 16.2 Å². The quantitative estimate of drug-likeness (QED) is 0.396. The Morgan fingerprint density at radius 2 is 1.55 bits per heavy atom. The number of nitrogens with one attached hydrogen (secondary N) is 2. The fraction of sp³-hybridized carbons (Fsp3) is 0.227. The molecule has 2 aromatic carbocycles. The second-order valence-electron chi connectivity index (χ2n) is 7.44. The number of anilines is 2. The van der Waals surface area contributed by atoms with Crippen molar-refractivity contribution in [1.29, 1.82) is 0 Å². The molecule has 0 saturated carbocycles. The van der Waals surface area contributed by atoms with Gasteiger partial charge in [-0.1, -0.05) is 12.1 Å². The predicted molar refractivity (Wildman–Crippen MR) is 117 cm³/mol. The van der Waals surface area contributed by atoms with Crippen LogP contribution in [-0.2, 0) is 14.4 Å². The van der Waals surface area contributed by atoms with Gasteiger partial charge < -0.3 is 11.1 Å². The van der Waals surface area contributed by atoms with Crippen molar-refractivity contribution in [1.82, 2.24) is 5.43 Å². The number of benzene rings is 2. The monoisotopic (exact) mass is 421 g/mol. The number of urea groups is 1. The molecular formula is C22H23N5O4. The molecule has 1 aliphatic rings. The van der Waals surface area contributed by atoms with Gasteiger partial charge >= 0.3 is 6.03 Å². The van der Waals surface area contributed by atoms with Crippen LogP contribution in [0.15, 0.2) is 41.5 Å². The van der Waals surface area contributed by atoms with Crippen LogP contribution in [0.1, 0.15) is 22.3 Å². The first-order chi connectivity index (χ1) is 14.6. The molecule has 0 radical (unpaired) electrons. The molecule has 3 rings (SSSR count). The van der Waals surface area contributed by atoms with Crippen LogP contribution < -0.4 is 21.4 Å². The van der Waals surface area contributed by atoms with Crippen LogP contribution in [-0.4, -0.2) is 29.5 Å². The molecule has 9 nitrogen and oxygen atoms in total. The Labute approximate surface area is 179 Å². The SMILES string of the molecule is Cc1ccc(NC(=O)[C@H]2C(=O)N(c3ccc(C)c(C)c3)C(=O)/C2=N\NC(N)=O)cc1C. The third-order valence-electron chi connectivity index (χ3n) is 5.23. The second-order valence-corrected chi connectivity index (χ2v) is 7.44. The van der Waals surface area contributed by atoms with Crippen molar-refractivity contribution in [3.8, 4) is 0 Å². The first kappa shape index (κ1) is 21.7. The zero-order chi connectivity index (χ0) is 22.9. The van der Waals surface area contributed by atoms with Gasteiger partial charge in [0.2, 0.25) is 5.91 Å². The van der Waals surface area contributed by atoms with E-state index in [1.165, 1.54) is 0 Å². The van der Waals surface area contributed by atoms with Crippen LogP contribution in [0.25, 0.3) is 0 Å². The number of imide groups is 1. The van der Waals surface area contributed by atoms with Gasteiger partial charge in [-0.15, -0.1) is 0 Å². The van der Waals surface area contributed by atoms with E-state index in [1.807, 2.05) is 39.2 Å². The maximum absolute atomic E-state index is 13.1. The van der Waals surface area contributed by atoms with E-state index in [1.54, 1.807) is 30.3 Å². The molecule has 31 heavy (non-hydrogen) atoms. The first-order valence-corrected chi connectivity index (χ1v) is 9.57. The van der Waals surface area contributed by atoms with Gasteiger partial charge in [-0.3, -0.25) is 14.4 Å². The largest absolute Gasteiger partial charge is 0.350 e. The zero-order valence-corrected chi connectivity index (χ0v) is 17.6.